The quantitative estimate of drug-likeness (QED) is 0.740. The maximum Gasteiger partial charge on any atom is 0.302 e. The summed E-state index contributed by atoms with van der Waals surface area (Å²) in [6, 6.07) is 0. The molecule has 1 aliphatic carbocycles. The van der Waals surface area contributed by atoms with E-state index >= 15 is 0 Å². The van der Waals surface area contributed by atoms with Gasteiger partial charge in [-0.3, -0.25) is 4.79 Å². The van der Waals surface area contributed by atoms with Gasteiger partial charge in [-0.2, -0.15) is 0 Å². The number of aliphatic hydroxyl groups is 1. The van der Waals surface area contributed by atoms with Gasteiger partial charge in [0.2, 0.25) is 0 Å². The highest BCUT2D eigenvalue weighted by Gasteiger charge is 2.48. The zero-order valence-corrected chi connectivity index (χ0v) is 10.2. The van der Waals surface area contributed by atoms with Crippen LogP contribution in [0.2, 0.25) is 0 Å². The molecule has 17 heavy (non-hydrogen) atoms. The second kappa shape index (κ2) is 5.33. The predicted octanol–water partition coefficient (Wildman–Crippen LogP) is 0.701. The molecular formula is C12H20O5. The largest absolute Gasteiger partial charge is 0.466 e. The van der Waals surface area contributed by atoms with Gasteiger partial charge in [-0.05, 0) is 12.3 Å². The van der Waals surface area contributed by atoms with E-state index in [1.54, 1.807) is 0 Å². The molecule has 1 heterocycles. The lowest BCUT2D eigenvalue weighted by atomic mass is 9.98. The van der Waals surface area contributed by atoms with Crippen molar-refractivity contribution in [2.75, 3.05) is 26.4 Å². The first-order chi connectivity index (χ1) is 8.15. The van der Waals surface area contributed by atoms with Gasteiger partial charge in [0.25, 0.3) is 0 Å². The molecule has 1 saturated heterocycles. The monoisotopic (exact) mass is 244 g/mol. The Balaban J connectivity index is 1.94. The van der Waals surface area contributed by atoms with Crippen LogP contribution in [0.25, 0.3) is 0 Å². The molecule has 1 N–H and O–H groups in total. The lowest BCUT2D eigenvalue weighted by molar-refractivity contribution is -0.265. The Kier molecular flexibility index (Phi) is 4.01. The minimum atomic E-state index is -0.545. The molecule has 5 nitrogen and oxygen atoms in total. The van der Waals surface area contributed by atoms with Crippen molar-refractivity contribution in [3.63, 3.8) is 0 Å². The van der Waals surface area contributed by atoms with E-state index in [9.17, 15) is 9.90 Å². The first-order valence-electron chi connectivity index (χ1n) is 6.17. The van der Waals surface area contributed by atoms with E-state index in [2.05, 4.69) is 0 Å². The third-order valence-electron chi connectivity index (χ3n) is 3.57. The Hall–Kier alpha value is -0.650. The first-order valence-corrected chi connectivity index (χ1v) is 6.17. The van der Waals surface area contributed by atoms with E-state index in [0.29, 0.717) is 32.7 Å². The number of carbonyl (C=O) groups is 1. The van der Waals surface area contributed by atoms with Crippen LogP contribution in [0.1, 0.15) is 26.2 Å². The molecule has 0 aromatic heterocycles. The molecule has 0 aromatic rings. The fourth-order valence-corrected chi connectivity index (χ4v) is 2.70. The summed E-state index contributed by atoms with van der Waals surface area (Å²) in [6.45, 7) is 3.23. The smallest absolute Gasteiger partial charge is 0.302 e. The number of esters is 1. The molecule has 5 heteroatoms. The van der Waals surface area contributed by atoms with Gasteiger partial charge < -0.3 is 19.3 Å². The minimum Gasteiger partial charge on any atom is -0.466 e. The molecule has 1 aliphatic heterocycles. The Morgan fingerprint density at radius 3 is 2.59 bits per heavy atom. The van der Waals surface area contributed by atoms with Crippen LogP contribution in [0.3, 0.4) is 0 Å². The second-order valence-electron chi connectivity index (χ2n) is 4.87. The van der Waals surface area contributed by atoms with E-state index in [0.717, 1.165) is 6.42 Å². The maximum atomic E-state index is 10.8. The van der Waals surface area contributed by atoms with Crippen molar-refractivity contribution in [1.29, 1.82) is 0 Å². The number of rotatable bonds is 3. The van der Waals surface area contributed by atoms with Gasteiger partial charge in [-0.1, -0.05) is 0 Å². The van der Waals surface area contributed by atoms with E-state index in [4.69, 9.17) is 14.2 Å². The summed E-state index contributed by atoms with van der Waals surface area (Å²) in [4.78, 5) is 10.8. The number of carbonyl (C=O) groups excluding carboxylic acids is 1. The number of hydrogen-bond donors (Lipinski definition) is 1. The Morgan fingerprint density at radius 1 is 1.35 bits per heavy atom. The number of ether oxygens (including phenoxy) is 3. The van der Waals surface area contributed by atoms with Crippen LogP contribution >= 0.6 is 0 Å². The summed E-state index contributed by atoms with van der Waals surface area (Å²) in [7, 11) is 0. The summed E-state index contributed by atoms with van der Waals surface area (Å²) in [5.41, 5.74) is 0. The SMILES string of the molecule is CC(=O)OC[C@@H]1CC2(C[C@@H]1CO)OCCCO2. The summed E-state index contributed by atoms with van der Waals surface area (Å²) in [5.74, 6) is -0.612. The van der Waals surface area contributed by atoms with Crippen LogP contribution < -0.4 is 0 Å². The predicted molar refractivity (Wildman–Crippen MR) is 59.2 cm³/mol. The van der Waals surface area contributed by atoms with Crippen LogP contribution in [-0.2, 0) is 19.0 Å². The molecule has 0 amide bonds. The summed E-state index contributed by atoms with van der Waals surface area (Å²) >= 11 is 0. The third-order valence-corrected chi connectivity index (χ3v) is 3.57. The number of hydrogen-bond acceptors (Lipinski definition) is 5. The molecule has 0 bridgehead atoms. The van der Waals surface area contributed by atoms with E-state index in [-0.39, 0.29) is 24.4 Å². The molecule has 0 unspecified atom stereocenters. The molecule has 1 saturated carbocycles. The standard InChI is InChI=1S/C12H20O5/c1-9(14)15-8-11-6-12(5-10(11)7-13)16-3-2-4-17-12/h10-11,13H,2-8H2,1H3/t10-,11+/m1/s1. The fraction of sp³-hybridized carbons (Fsp3) is 0.917. The molecular weight excluding hydrogens is 224 g/mol. The Morgan fingerprint density at radius 2 is 2.00 bits per heavy atom. The van der Waals surface area contributed by atoms with Gasteiger partial charge in [-0.15, -0.1) is 0 Å². The molecule has 1 spiro atoms. The third kappa shape index (κ3) is 2.97. The van der Waals surface area contributed by atoms with Gasteiger partial charge >= 0.3 is 5.97 Å². The maximum absolute atomic E-state index is 10.8. The van der Waals surface area contributed by atoms with Crippen LogP contribution in [0, 0.1) is 11.8 Å². The average molecular weight is 244 g/mol. The van der Waals surface area contributed by atoms with E-state index in [1.807, 2.05) is 0 Å². The van der Waals surface area contributed by atoms with Crippen molar-refractivity contribution in [1.82, 2.24) is 0 Å². The van der Waals surface area contributed by atoms with Crippen molar-refractivity contribution in [2.24, 2.45) is 11.8 Å². The lowest BCUT2D eigenvalue weighted by Gasteiger charge is -2.34. The van der Waals surface area contributed by atoms with Crippen molar-refractivity contribution in [2.45, 2.75) is 32.0 Å². The van der Waals surface area contributed by atoms with Gasteiger partial charge in [0, 0.05) is 32.3 Å². The van der Waals surface area contributed by atoms with Gasteiger partial charge in [0.15, 0.2) is 5.79 Å². The molecule has 2 aliphatic rings. The average Bonchev–Trinajstić information content (AvgIpc) is 2.65. The van der Waals surface area contributed by atoms with Crippen LogP contribution in [0.4, 0.5) is 0 Å². The summed E-state index contributed by atoms with van der Waals surface area (Å²) in [6.07, 6.45) is 2.31. The van der Waals surface area contributed by atoms with Gasteiger partial charge in [0.05, 0.1) is 19.8 Å². The molecule has 2 fully saturated rings. The van der Waals surface area contributed by atoms with E-state index < -0.39 is 5.79 Å². The van der Waals surface area contributed by atoms with Gasteiger partial charge in [-0.25, -0.2) is 0 Å². The summed E-state index contributed by atoms with van der Waals surface area (Å²) in [5, 5.41) is 9.36. The molecule has 0 radical (unpaired) electrons. The van der Waals surface area contributed by atoms with Crippen molar-refractivity contribution < 1.29 is 24.1 Å². The topological polar surface area (TPSA) is 65.0 Å². The first kappa shape index (κ1) is 12.8. The highest BCUT2D eigenvalue weighted by molar-refractivity contribution is 5.65. The van der Waals surface area contributed by atoms with Gasteiger partial charge in [0.1, 0.15) is 0 Å². The van der Waals surface area contributed by atoms with Crippen LogP contribution in [-0.4, -0.2) is 43.3 Å². The Bertz CT molecular complexity index is 272. The molecule has 0 aromatic carbocycles. The van der Waals surface area contributed by atoms with Crippen molar-refractivity contribution in [3.05, 3.63) is 0 Å². The second-order valence-corrected chi connectivity index (χ2v) is 4.87. The normalized spacial score (nSPS) is 31.6. The highest BCUT2D eigenvalue weighted by atomic mass is 16.7. The Labute approximate surface area is 101 Å². The minimum absolute atomic E-state index is 0.0837. The van der Waals surface area contributed by atoms with Crippen LogP contribution in [0.15, 0.2) is 0 Å². The van der Waals surface area contributed by atoms with Crippen molar-refractivity contribution in [3.8, 4) is 0 Å². The van der Waals surface area contributed by atoms with Crippen molar-refractivity contribution >= 4 is 5.97 Å². The molecule has 98 valence electrons. The highest BCUT2D eigenvalue weighted by Crippen LogP contribution is 2.44. The fourth-order valence-electron chi connectivity index (χ4n) is 2.70. The van der Waals surface area contributed by atoms with Crippen LogP contribution in [0.5, 0.6) is 0 Å². The molecule has 2 atom stereocenters. The van der Waals surface area contributed by atoms with E-state index in [1.165, 1.54) is 6.92 Å². The zero-order valence-electron chi connectivity index (χ0n) is 10.2. The summed E-state index contributed by atoms with van der Waals surface area (Å²) < 4.78 is 16.5. The number of aliphatic hydroxyl groups excluding tert-OH is 1. The lowest BCUT2D eigenvalue weighted by Crippen LogP contribution is -2.38. The molecule has 2 rings (SSSR count). The zero-order chi connectivity index (χ0) is 12.3.